The number of benzene rings is 2. The van der Waals surface area contributed by atoms with E-state index in [0.717, 1.165) is 23.0 Å². The molecule has 4 rings (SSSR count). The summed E-state index contributed by atoms with van der Waals surface area (Å²) in [4.78, 5) is 40.1. The Morgan fingerprint density at radius 3 is 2.38 bits per heavy atom. The number of hydrogen-bond donors (Lipinski definition) is 0. The summed E-state index contributed by atoms with van der Waals surface area (Å²) < 4.78 is 29.9. The summed E-state index contributed by atoms with van der Waals surface area (Å²) in [5, 5.41) is 0.116. The van der Waals surface area contributed by atoms with Gasteiger partial charge in [-0.15, -0.1) is 0 Å². The Hall–Kier alpha value is -3.24. The van der Waals surface area contributed by atoms with Crippen LogP contribution in [0.25, 0.3) is 10.9 Å². The minimum absolute atomic E-state index is 0.0335. The van der Waals surface area contributed by atoms with E-state index < -0.39 is 21.3 Å². The minimum atomic E-state index is -3.88. The number of aryl methyl sites for hydroxylation is 1. The average molecular weight is 485 g/mol. The lowest BCUT2D eigenvalue weighted by atomic mass is 10.2. The van der Waals surface area contributed by atoms with Gasteiger partial charge in [0.1, 0.15) is 0 Å². The van der Waals surface area contributed by atoms with Crippen molar-refractivity contribution < 1.29 is 13.2 Å². The molecule has 0 unspecified atom stereocenters. The number of nitrogens with zero attached hydrogens (tertiary/aromatic N) is 4. The lowest BCUT2D eigenvalue weighted by Gasteiger charge is -2.18. The second-order valence-corrected chi connectivity index (χ2v) is 10.6. The first-order valence-corrected chi connectivity index (χ1v) is 12.7. The number of aromatic nitrogens is 2. The molecule has 0 atom stereocenters. The van der Waals surface area contributed by atoms with Crippen molar-refractivity contribution in [2.75, 3.05) is 20.1 Å². The number of carbonyl (C=O) groups excluding carboxylic acids is 1. The molecule has 1 saturated heterocycles. The van der Waals surface area contributed by atoms with Crippen molar-refractivity contribution in [3.63, 3.8) is 0 Å². The van der Waals surface area contributed by atoms with Gasteiger partial charge < -0.3 is 4.90 Å². The first-order chi connectivity index (χ1) is 16.2. The van der Waals surface area contributed by atoms with Crippen LogP contribution in [0.2, 0.25) is 0 Å². The molecule has 10 heteroatoms. The van der Waals surface area contributed by atoms with Crippen LogP contribution in [0.5, 0.6) is 0 Å². The summed E-state index contributed by atoms with van der Waals surface area (Å²) in [6.45, 7) is 1.52. The van der Waals surface area contributed by atoms with Gasteiger partial charge in [0.25, 0.3) is 5.56 Å². The quantitative estimate of drug-likeness (QED) is 0.506. The smallest absolute Gasteiger partial charge is 0.331 e. The van der Waals surface area contributed by atoms with E-state index in [-0.39, 0.29) is 35.7 Å². The zero-order valence-corrected chi connectivity index (χ0v) is 20.1. The van der Waals surface area contributed by atoms with E-state index in [9.17, 15) is 22.8 Å². The molecule has 1 aromatic heterocycles. The number of likely N-dealkylation sites (tertiary alicyclic amines) is 1. The highest BCUT2D eigenvalue weighted by Gasteiger charge is 2.23. The average Bonchev–Trinajstić information content (AvgIpc) is 3.38. The first kappa shape index (κ1) is 23.9. The van der Waals surface area contributed by atoms with Crippen molar-refractivity contribution in [3.05, 3.63) is 74.9 Å². The molecule has 1 fully saturated rings. The fourth-order valence-corrected chi connectivity index (χ4v) is 5.48. The molecular weight excluding hydrogens is 456 g/mol. The summed E-state index contributed by atoms with van der Waals surface area (Å²) in [5.41, 5.74) is 0.0298. The Bertz CT molecular complexity index is 1440. The van der Waals surface area contributed by atoms with Crippen LogP contribution in [0.4, 0.5) is 0 Å². The lowest BCUT2D eigenvalue weighted by Crippen LogP contribution is -2.40. The third-order valence-electron chi connectivity index (χ3n) is 6.29. The Morgan fingerprint density at radius 2 is 1.71 bits per heavy atom. The van der Waals surface area contributed by atoms with Crippen molar-refractivity contribution in [2.24, 2.45) is 7.05 Å². The van der Waals surface area contributed by atoms with Crippen LogP contribution >= 0.6 is 0 Å². The van der Waals surface area contributed by atoms with E-state index in [0.29, 0.717) is 18.6 Å². The Morgan fingerprint density at radius 1 is 1.03 bits per heavy atom. The van der Waals surface area contributed by atoms with Crippen molar-refractivity contribution in [2.45, 2.75) is 37.2 Å². The molecule has 0 bridgehead atoms. The van der Waals surface area contributed by atoms with E-state index in [1.807, 2.05) is 30.3 Å². The highest BCUT2D eigenvalue weighted by molar-refractivity contribution is 7.89. The molecule has 2 heterocycles. The summed E-state index contributed by atoms with van der Waals surface area (Å²) in [6.07, 6.45) is 1.96. The van der Waals surface area contributed by atoms with Gasteiger partial charge in [-0.3, -0.25) is 18.7 Å². The Labute approximate surface area is 197 Å². The molecule has 2 aromatic carbocycles. The SMILES string of the molecule is CN(Cc1ccccc1)S(=O)(=O)c1ccc2c(c1)c(=O)n(CCC(=O)N1CCCC1)c(=O)n2C. The van der Waals surface area contributed by atoms with Crippen LogP contribution in [0.3, 0.4) is 0 Å². The van der Waals surface area contributed by atoms with Crippen LogP contribution in [0.1, 0.15) is 24.8 Å². The molecule has 34 heavy (non-hydrogen) atoms. The number of fused-ring (bicyclic) bond motifs is 1. The topological polar surface area (TPSA) is 102 Å². The molecule has 3 aromatic rings. The van der Waals surface area contributed by atoms with Gasteiger partial charge in [0, 0.05) is 46.7 Å². The monoisotopic (exact) mass is 484 g/mol. The lowest BCUT2D eigenvalue weighted by molar-refractivity contribution is -0.130. The largest absolute Gasteiger partial charge is 0.343 e. The third kappa shape index (κ3) is 4.55. The van der Waals surface area contributed by atoms with E-state index in [1.165, 1.54) is 41.2 Å². The highest BCUT2D eigenvalue weighted by Crippen LogP contribution is 2.20. The van der Waals surface area contributed by atoms with Gasteiger partial charge >= 0.3 is 5.69 Å². The molecule has 0 N–H and O–H groups in total. The number of sulfonamides is 1. The predicted molar refractivity (Wildman–Crippen MR) is 129 cm³/mol. The van der Waals surface area contributed by atoms with Crippen LogP contribution in [0, 0.1) is 0 Å². The first-order valence-electron chi connectivity index (χ1n) is 11.2. The number of carbonyl (C=O) groups is 1. The van der Waals surface area contributed by atoms with E-state index in [2.05, 4.69) is 0 Å². The molecule has 0 saturated carbocycles. The van der Waals surface area contributed by atoms with Gasteiger partial charge in [-0.25, -0.2) is 13.2 Å². The molecule has 9 nitrogen and oxygen atoms in total. The van der Waals surface area contributed by atoms with Crippen LogP contribution < -0.4 is 11.2 Å². The maximum absolute atomic E-state index is 13.2. The van der Waals surface area contributed by atoms with Gasteiger partial charge in [0.05, 0.1) is 15.8 Å². The zero-order chi connectivity index (χ0) is 24.5. The maximum atomic E-state index is 13.2. The minimum Gasteiger partial charge on any atom is -0.343 e. The van der Waals surface area contributed by atoms with Crippen LogP contribution in [-0.4, -0.2) is 52.8 Å². The van der Waals surface area contributed by atoms with Gasteiger partial charge in [0.15, 0.2) is 0 Å². The zero-order valence-electron chi connectivity index (χ0n) is 19.3. The molecular formula is C24H28N4O5S. The second kappa shape index (κ2) is 9.55. The summed E-state index contributed by atoms with van der Waals surface area (Å²) in [6, 6.07) is 13.4. The molecule has 1 amide bonds. The maximum Gasteiger partial charge on any atom is 0.331 e. The third-order valence-corrected chi connectivity index (χ3v) is 8.09. The van der Waals surface area contributed by atoms with Gasteiger partial charge in [0.2, 0.25) is 15.9 Å². The standard InChI is InChI=1S/C24H28N4O5S/c1-25(17-18-8-4-3-5-9-18)34(32,33)19-10-11-21-20(16-19)23(30)28(24(31)26(21)2)15-12-22(29)27-13-6-7-14-27/h3-5,8-11,16H,6-7,12-15,17H2,1-2H3. The van der Waals surface area contributed by atoms with Gasteiger partial charge in [-0.1, -0.05) is 30.3 Å². The van der Waals surface area contributed by atoms with Crippen molar-refractivity contribution in [3.8, 4) is 0 Å². The molecule has 0 spiro atoms. The highest BCUT2D eigenvalue weighted by atomic mass is 32.2. The van der Waals surface area contributed by atoms with Crippen molar-refractivity contribution in [1.82, 2.24) is 18.3 Å². The molecule has 1 aliphatic heterocycles. The fourth-order valence-electron chi connectivity index (χ4n) is 4.29. The Balaban J connectivity index is 1.67. The molecule has 180 valence electrons. The van der Waals surface area contributed by atoms with Gasteiger partial charge in [-0.2, -0.15) is 4.31 Å². The molecule has 0 radical (unpaired) electrons. The normalized spacial score (nSPS) is 14.3. The van der Waals surface area contributed by atoms with Gasteiger partial charge in [-0.05, 0) is 36.6 Å². The van der Waals surface area contributed by atoms with E-state index in [4.69, 9.17) is 0 Å². The molecule has 1 aliphatic rings. The van der Waals surface area contributed by atoms with E-state index in [1.54, 1.807) is 4.90 Å². The van der Waals surface area contributed by atoms with Crippen LogP contribution in [-0.2, 0) is 35.0 Å². The Kier molecular flexibility index (Phi) is 6.72. The summed E-state index contributed by atoms with van der Waals surface area (Å²) in [5.74, 6) is -0.0922. The number of hydrogen-bond acceptors (Lipinski definition) is 5. The van der Waals surface area contributed by atoms with Crippen molar-refractivity contribution in [1.29, 1.82) is 0 Å². The number of rotatable bonds is 7. The predicted octanol–water partition coefficient (Wildman–Crippen LogP) is 1.53. The van der Waals surface area contributed by atoms with Crippen molar-refractivity contribution >= 4 is 26.8 Å². The summed E-state index contributed by atoms with van der Waals surface area (Å²) >= 11 is 0. The molecule has 0 aliphatic carbocycles. The number of amides is 1. The second-order valence-electron chi connectivity index (χ2n) is 8.56. The van der Waals surface area contributed by atoms with Crippen LogP contribution in [0.15, 0.2) is 63.0 Å². The summed E-state index contributed by atoms with van der Waals surface area (Å²) in [7, 11) is -0.873. The van der Waals surface area contributed by atoms with E-state index >= 15 is 0 Å². The fraction of sp³-hybridized carbons (Fsp3) is 0.375.